The predicted molar refractivity (Wildman–Crippen MR) is 109 cm³/mol. The van der Waals surface area contributed by atoms with E-state index >= 15 is 0 Å². The summed E-state index contributed by atoms with van der Waals surface area (Å²) in [4.78, 5) is 10.1. The van der Waals surface area contributed by atoms with Gasteiger partial charge < -0.3 is 14.6 Å². The summed E-state index contributed by atoms with van der Waals surface area (Å²) in [5, 5.41) is 2.44. The number of ether oxygens (including phenoxy) is 1. The number of likely N-dealkylation sites (N-methyl/N-ethyl adjacent to an activating group) is 1. The van der Waals surface area contributed by atoms with Crippen LogP contribution in [-0.2, 0) is 16.8 Å². The van der Waals surface area contributed by atoms with E-state index in [9.17, 15) is 0 Å². The van der Waals surface area contributed by atoms with Crippen LogP contribution in [0.15, 0.2) is 67.0 Å². The molecule has 1 saturated heterocycles. The Morgan fingerprint density at radius 2 is 1.96 bits per heavy atom. The first kappa shape index (κ1) is 16.5. The highest BCUT2D eigenvalue weighted by molar-refractivity contribution is 6.07. The highest BCUT2D eigenvalue weighted by Gasteiger charge is 2.38. The molecule has 136 valence electrons. The van der Waals surface area contributed by atoms with Crippen molar-refractivity contribution in [2.24, 2.45) is 0 Å². The molecule has 0 bridgehead atoms. The molecular weight excluding hydrogens is 334 g/mol. The van der Waals surface area contributed by atoms with Gasteiger partial charge in [-0.3, -0.25) is 4.98 Å². The molecule has 1 atom stereocenters. The lowest BCUT2D eigenvalue weighted by atomic mass is 9.85. The summed E-state index contributed by atoms with van der Waals surface area (Å²) in [5.74, 6) is 0. The van der Waals surface area contributed by atoms with E-state index in [0.717, 1.165) is 37.2 Å². The van der Waals surface area contributed by atoms with Crippen LogP contribution in [0.3, 0.4) is 0 Å². The lowest BCUT2D eigenvalue weighted by Crippen LogP contribution is -2.49. The average molecular weight is 357 g/mol. The number of nitrogens with one attached hydrogen (secondary N) is 1. The van der Waals surface area contributed by atoms with E-state index in [1.807, 2.05) is 12.4 Å². The van der Waals surface area contributed by atoms with Gasteiger partial charge in [-0.15, -0.1) is 0 Å². The van der Waals surface area contributed by atoms with E-state index in [0.29, 0.717) is 0 Å². The summed E-state index contributed by atoms with van der Waals surface area (Å²) in [5.41, 5.74) is 4.42. The number of rotatable bonds is 3. The summed E-state index contributed by atoms with van der Waals surface area (Å²) in [6.07, 6.45) is 4.61. The van der Waals surface area contributed by atoms with Crippen molar-refractivity contribution in [3.8, 4) is 0 Å². The fraction of sp³-hybridized carbons (Fsp3) is 0.261. The maximum absolute atomic E-state index is 6.50. The SMILES string of the molecule is CN1CCOC(Cc2ccccc2)(c2ccc3[nH]c4cnccc4c3c2)C1. The molecule has 3 heterocycles. The first-order valence-electron chi connectivity index (χ1n) is 9.46. The van der Waals surface area contributed by atoms with Crippen LogP contribution in [0.25, 0.3) is 21.8 Å². The number of fused-ring (bicyclic) bond motifs is 3. The van der Waals surface area contributed by atoms with Gasteiger partial charge in [-0.05, 0) is 36.4 Å². The normalized spacial score (nSPS) is 21.1. The van der Waals surface area contributed by atoms with E-state index < -0.39 is 0 Å². The van der Waals surface area contributed by atoms with Gasteiger partial charge in [0.1, 0.15) is 5.60 Å². The minimum absolute atomic E-state index is 0.334. The summed E-state index contributed by atoms with van der Waals surface area (Å²) in [7, 11) is 2.18. The molecule has 0 radical (unpaired) electrons. The highest BCUT2D eigenvalue weighted by atomic mass is 16.5. The summed E-state index contributed by atoms with van der Waals surface area (Å²) in [6, 6.07) is 19.4. The molecular formula is C23H23N3O. The fourth-order valence-corrected chi connectivity index (χ4v) is 4.30. The van der Waals surface area contributed by atoms with Gasteiger partial charge in [0.25, 0.3) is 0 Å². The van der Waals surface area contributed by atoms with Gasteiger partial charge in [0.15, 0.2) is 0 Å². The zero-order valence-electron chi connectivity index (χ0n) is 15.5. The minimum atomic E-state index is -0.334. The van der Waals surface area contributed by atoms with Crippen LogP contribution >= 0.6 is 0 Å². The second-order valence-corrected chi connectivity index (χ2v) is 7.55. The van der Waals surface area contributed by atoms with Crippen molar-refractivity contribution < 1.29 is 4.74 Å². The van der Waals surface area contributed by atoms with Gasteiger partial charge >= 0.3 is 0 Å². The molecule has 4 aromatic rings. The minimum Gasteiger partial charge on any atom is -0.367 e. The van der Waals surface area contributed by atoms with Gasteiger partial charge in [-0.2, -0.15) is 0 Å². The second kappa shape index (κ2) is 6.48. The molecule has 1 aliphatic heterocycles. The molecule has 1 fully saturated rings. The number of nitrogens with zero attached hydrogens (tertiary/aromatic N) is 2. The van der Waals surface area contributed by atoms with Gasteiger partial charge in [-0.25, -0.2) is 0 Å². The quantitative estimate of drug-likeness (QED) is 0.600. The predicted octanol–water partition coefficient (Wildman–Crippen LogP) is 4.12. The van der Waals surface area contributed by atoms with Crippen LogP contribution in [-0.4, -0.2) is 41.6 Å². The first-order valence-corrected chi connectivity index (χ1v) is 9.46. The molecule has 1 aliphatic rings. The molecule has 2 aromatic heterocycles. The lowest BCUT2D eigenvalue weighted by molar-refractivity contribution is -0.108. The number of H-pyrrole nitrogens is 1. The smallest absolute Gasteiger partial charge is 0.110 e. The zero-order chi connectivity index (χ0) is 18.3. The summed E-state index contributed by atoms with van der Waals surface area (Å²) < 4.78 is 6.50. The Morgan fingerprint density at radius 3 is 2.81 bits per heavy atom. The monoisotopic (exact) mass is 357 g/mol. The van der Waals surface area contributed by atoms with Crippen LogP contribution in [0.2, 0.25) is 0 Å². The van der Waals surface area contributed by atoms with Crippen molar-refractivity contribution in [3.05, 3.63) is 78.1 Å². The Kier molecular flexibility index (Phi) is 3.96. The Hall–Kier alpha value is -2.69. The average Bonchev–Trinajstić information content (AvgIpc) is 3.07. The first-order chi connectivity index (χ1) is 13.2. The lowest BCUT2D eigenvalue weighted by Gasteiger charge is -2.42. The Labute approximate surface area is 158 Å². The highest BCUT2D eigenvalue weighted by Crippen LogP contribution is 2.36. The van der Waals surface area contributed by atoms with Gasteiger partial charge in [-0.1, -0.05) is 36.4 Å². The van der Waals surface area contributed by atoms with Crippen molar-refractivity contribution >= 4 is 21.8 Å². The molecule has 0 spiro atoms. The fourth-order valence-electron chi connectivity index (χ4n) is 4.30. The van der Waals surface area contributed by atoms with Crippen molar-refractivity contribution in [2.45, 2.75) is 12.0 Å². The Bertz CT molecular complexity index is 1090. The van der Waals surface area contributed by atoms with Gasteiger partial charge in [0, 0.05) is 42.0 Å². The van der Waals surface area contributed by atoms with Gasteiger partial charge in [0.05, 0.1) is 18.3 Å². The number of aromatic nitrogens is 2. The maximum Gasteiger partial charge on any atom is 0.110 e. The van der Waals surface area contributed by atoms with Crippen LogP contribution in [0.1, 0.15) is 11.1 Å². The van der Waals surface area contributed by atoms with E-state index in [1.54, 1.807) is 0 Å². The van der Waals surface area contributed by atoms with E-state index in [2.05, 4.69) is 76.5 Å². The number of benzene rings is 2. The second-order valence-electron chi connectivity index (χ2n) is 7.55. The molecule has 4 heteroatoms. The topological polar surface area (TPSA) is 41.1 Å². The third kappa shape index (κ3) is 2.91. The van der Waals surface area contributed by atoms with Crippen LogP contribution in [0, 0.1) is 0 Å². The molecule has 4 nitrogen and oxygen atoms in total. The number of hydrogen-bond donors (Lipinski definition) is 1. The number of aromatic amines is 1. The maximum atomic E-state index is 6.50. The van der Waals surface area contributed by atoms with Crippen molar-refractivity contribution in [3.63, 3.8) is 0 Å². The molecule has 1 unspecified atom stereocenters. The largest absolute Gasteiger partial charge is 0.367 e. The third-order valence-electron chi connectivity index (χ3n) is 5.64. The summed E-state index contributed by atoms with van der Waals surface area (Å²) in [6.45, 7) is 2.61. The zero-order valence-corrected chi connectivity index (χ0v) is 15.5. The van der Waals surface area contributed by atoms with Crippen LogP contribution in [0.5, 0.6) is 0 Å². The molecule has 0 aliphatic carbocycles. The standard InChI is InChI=1S/C23H23N3O/c1-26-11-12-27-23(16-26,14-17-5-3-2-4-6-17)18-7-8-21-20(13-18)19-9-10-24-15-22(19)25-21/h2-10,13,15,25H,11-12,14,16H2,1H3. The molecule has 2 aromatic carbocycles. The Morgan fingerprint density at radius 1 is 1.07 bits per heavy atom. The van der Waals surface area contributed by atoms with E-state index in [4.69, 9.17) is 4.74 Å². The van der Waals surface area contributed by atoms with Crippen molar-refractivity contribution in [2.75, 3.05) is 26.7 Å². The molecule has 5 rings (SSSR count). The number of pyridine rings is 1. The van der Waals surface area contributed by atoms with Crippen molar-refractivity contribution in [1.82, 2.24) is 14.9 Å². The van der Waals surface area contributed by atoms with E-state index in [-0.39, 0.29) is 5.60 Å². The third-order valence-corrected chi connectivity index (χ3v) is 5.64. The summed E-state index contributed by atoms with van der Waals surface area (Å²) >= 11 is 0. The molecule has 0 saturated carbocycles. The van der Waals surface area contributed by atoms with Crippen LogP contribution in [0.4, 0.5) is 0 Å². The van der Waals surface area contributed by atoms with Gasteiger partial charge in [0.2, 0.25) is 0 Å². The van der Waals surface area contributed by atoms with Crippen LogP contribution < -0.4 is 0 Å². The number of morpholine rings is 1. The Balaban J connectivity index is 1.65. The molecule has 27 heavy (non-hydrogen) atoms. The van der Waals surface area contributed by atoms with Crippen molar-refractivity contribution in [1.29, 1.82) is 0 Å². The molecule has 1 N–H and O–H groups in total. The number of hydrogen-bond acceptors (Lipinski definition) is 3. The molecule has 0 amide bonds. The van der Waals surface area contributed by atoms with E-state index in [1.165, 1.54) is 21.9 Å².